The first-order chi connectivity index (χ1) is 12.5. The molecule has 0 saturated carbocycles. The van der Waals surface area contributed by atoms with Crippen molar-refractivity contribution in [3.05, 3.63) is 59.6 Å². The van der Waals surface area contributed by atoms with Gasteiger partial charge in [0.15, 0.2) is 5.69 Å². The number of halogens is 1. The van der Waals surface area contributed by atoms with Gasteiger partial charge >= 0.3 is 0 Å². The number of aromatic amines is 1. The lowest BCUT2D eigenvalue weighted by Gasteiger charge is -2.00. The second kappa shape index (κ2) is 6.14. The number of imidazole rings is 2. The molecule has 0 atom stereocenters. The van der Waals surface area contributed by atoms with E-state index >= 15 is 0 Å². The van der Waals surface area contributed by atoms with E-state index in [1.807, 2.05) is 19.1 Å². The molecular formula is C18H16FN5O2. The van der Waals surface area contributed by atoms with Crippen molar-refractivity contribution in [3.8, 4) is 5.75 Å². The smallest absolute Gasteiger partial charge is 0.275 e. The maximum atomic E-state index is 14.4. The zero-order chi connectivity index (χ0) is 18.3. The van der Waals surface area contributed by atoms with Crippen LogP contribution in [-0.2, 0) is 6.54 Å². The molecule has 0 unspecified atom stereocenters. The lowest BCUT2D eigenvalue weighted by molar-refractivity contribution is 0.0941. The Morgan fingerprint density at radius 2 is 2.15 bits per heavy atom. The highest BCUT2D eigenvalue weighted by atomic mass is 19.1. The Kier molecular flexibility index (Phi) is 3.80. The van der Waals surface area contributed by atoms with Gasteiger partial charge in [0.1, 0.15) is 17.2 Å². The van der Waals surface area contributed by atoms with Crippen LogP contribution in [0.5, 0.6) is 5.75 Å². The summed E-state index contributed by atoms with van der Waals surface area (Å²) in [6, 6.07) is 8.91. The maximum Gasteiger partial charge on any atom is 0.275 e. The van der Waals surface area contributed by atoms with Crippen molar-refractivity contribution in [2.45, 2.75) is 13.5 Å². The summed E-state index contributed by atoms with van der Waals surface area (Å²) in [5.41, 5.74) is 2.64. The Morgan fingerprint density at radius 1 is 1.31 bits per heavy atom. The first-order valence-corrected chi connectivity index (χ1v) is 8.00. The molecule has 0 radical (unpaired) electrons. The van der Waals surface area contributed by atoms with Gasteiger partial charge in [-0.2, -0.15) is 4.39 Å². The van der Waals surface area contributed by atoms with E-state index in [2.05, 4.69) is 20.3 Å². The Labute approximate surface area is 147 Å². The Bertz CT molecular complexity index is 1130. The van der Waals surface area contributed by atoms with E-state index < -0.39 is 11.9 Å². The van der Waals surface area contributed by atoms with Crippen LogP contribution in [0.4, 0.5) is 4.39 Å². The summed E-state index contributed by atoms with van der Waals surface area (Å²) in [5, 5.41) is 2.64. The number of ether oxygens (including phenoxy) is 1. The van der Waals surface area contributed by atoms with Gasteiger partial charge in [-0.25, -0.2) is 9.97 Å². The van der Waals surface area contributed by atoms with Crippen molar-refractivity contribution >= 4 is 22.6 Å². The summed E-state index contributed by atoms with van der Waals surface area (Å²) >= 11 is 0. The van der Waals surface area contributed by atoms with Gasteiger partial charge in [0, 0.05) is 12.3 Å². The molecule has 132 valence electrons. The van der Waals surface area contributed by atoms with Crippen LogP contribution in [0.2, 0.25) is 0 Å². The Balaban J connectivity index is 1.54. The van der Waals surface area contributed by atoms with Gasteiger partial charge in [-0.1, -0.05) is 0 Å². The largest absolute Gasteiger partial charge is 0.497 e. The lowest BCUT2D eigenvalue weighted by atomic mass is 10.3. The number of aryl methyl sites for hydroxylation is 1. The van der Waals surface area contributed by atoms with E-state index in [-0.39, 0.29) is 12.2 Å². The molecule has 1 aromatic carbocycles. The zero-order valence-corrected chi connectivity index (χ0v) is 14.2. The zero-order valence-electron chi connectivity index (χ0n) is 14.2. The number of nitrogens with zero attached hydrogens (tertiary/aromatic N) is 3. The maximum absolute atomic E-state index is 14.4. The van der Waals surface area contributed by atoms with Gasteiger partial charge in [0.25, 0.3) is 5.91 Å². The van der Waals surface area contributed by atoms with Gasteiger partial charge in [0.2, 0.25) is 5.95 Å². The minimum atomic E-state index is -0.688. The quantitative estimate of drug-likeness (QED) is 0.591. The number of fused-ring (bicyclic) bond motifs is 2. The molecule has 0 spiro atoms. The van der Waals surface area contributed by atoms with Crippen LogP contribution in [0, 0.1) is 12.9 Å². The average Bonchev–Trinajstić information content (AvgIpc) is 3.19. The highest BCUT2D eigenvalue weighted by Gasteiger charge is 2.19. The number of rotatable bonds is 4. The Morgan fingerprint density at radius 3 is 2.96 bits per heavy atom. The first kappa shape index (κ1) is 16.1. The summed E-state index contributed by atoms with van der Waals surface area (Å²) in [6.45, 7) is 2.01. The van der Waals surface area contributed by atoms with Crippen LogP contribution in [0.15, 0.2) is 36.5 Å². The van der Waals surface area contributed by atoms with Gasteiger partial charge in [0.05, 0.1) is 24.7 Å². The third kappa shape index (κ3) is 2.75. The number of methoxy groups -OCH3 is 1. The molecule has 1 amide bonds. The van der Waals surface area contributed by atoms with Gasteiger partial charge in [-0.05, 0) is 36.8 Å². The van der Waals surface area contributed by atoms with E-state index in [4.69, 9.17) is 4.74 Å². The predicted octanol–water partition coefficient (Wildman–Crippen LogP) is 2.60. The molecule has 0 saturated heterocycles. The number of aromatic nitrogens is 4. The average molecular weight is 353 g/mol. The van der Waals surface area contributed by atoms with E-state index in [9.17, 15) is 9.18 Å². The van der Waals surface area contributed by atoms with Gasteiger partial charge < -0.3 is 15.0 Å². The van der Waals surface area contributed by atoms with E-state index in [1.165, 1.54) is 4.40 Å². The second-order valence-corrected chi connectivity index (χ2v) is 5.93. The molecule has 8 heteroatoms. The number of carbonyl (C=O) groups excluding carboxylic acids is 1. The number of carbonyl (C=O) groups is 1. The first-order valence-electron chi connectivity index (χ1n) is 8.00. The van der Waals surface area contributed by atoms with Crippen LogP contribution >= 0.6 is 0 Å². The molecule has 4 rings (SSSR count). The van der Waals surface area contributed by atoms with E-state index in [0.29, 0.717) is 17.2 Å². The fourth-order valence-electron chi connectivity index (χ4n) is 2.76. The minimum Gasteiger partial charge on any atom is -0.497 e. The van der Waals surface area contributed by atoms with Gasteiger partial charge in [-0.15, -0.1) is 0 Å². The van der Waals surface area contributed by atoms with Crippen molar-refractivity contribution < 1.29 is 13.9 Å². The molecule has 0 aliphatic carbocycles. The molecule has 0 fully saturated rings. The number of pyridine rings is 1. The van der Waals surface area contributed by atoms with Crippen LogP contribution in [0.1, 0.15) is 21.9 Å². The van der Waals surface area contributed by atoms with Gasteiger partial charge in [-0.3, -0.25) is 9.20 Å². The van der Waals surface area contributed by atoms with E-state index in [1.54, 1.807) is 31.5 Å². The molecule has 3 aromatic heterocycles. The van der Waals surface area contributed by atoms with Crippen molar-refractivity contribution in [2.24, 2.45) is 0 Å². The molecule has 0 bridgehead atoms. The third-order valence-electron chi connectivity index (χ3n) is 4.09. The standard InChI is InChI=1S/C18H16FN5O2/c1-10-5-6-24-15(7-10)23-16(17(24)19)18(25)20-9-14-21-12-4-3-11(26-2)8-13(12)22-14/h3-8H,9H2,1-2H3,(H,20,25)(H,21,22). The SMILES string of the molecule is COc1ccc2nc(CNC(=O)c3nc4cc(C)ccn4c3F)[nH]c2c1. The summed E-state index contributed by atoms with van der Waals surface area (Å²) in [7, 11) is 1.59. The second-order valence-electron chi connectivity index (χ2n) is 5.93. The van der Waals surface area contributed by atoms with Crippen molar-refractivity contribution in [3.63, 3.8) is 0 Å². The van der Waals surface area contributed by atoms with Crippen LogP contribution in [0.3, 0.4) is 0 Å². The predicted molar refractivity (Wildman–Crippen MR) is 93.7 cm³/mol. The Hall–Kier alpha value is -3.42. The lowest BCUT2D eigenvalue weighted by Crippen LogP contribution is -2.24. The topological polar surface area (TPSA) is 84.3 Å². The monoisotopic (exact) mass is 353 g/mol. The van der Waals surface area contributed by atoms with Crippen molar-refractivity contribution in [1.82, 2.24) is 24.7 Å². The highest BCUT2D eigenvalue weighted by molar-refractivity contribution is 5.93. The highest BCUT2D eigenvalue weighted by Crippen LogP contribution is 2.19. The molecule has 26 heavy (non-hydrogen) atoms. The molecule has 2 N–H and O–H groups in total. The number of amides is 1. The normalized spacial score (nSPS) is 11.2. The molecule has 0 aliphatic heterocycles. The molecule has 3 heterocycles. The number of hydrogen-bond donors (Lipinski definition) is 2. The number of nitrogens with one attached hydrogen (secondary N) is 2. The van der Waals surface area contributed by atoms with Crippen molar-refractivity contribution in [2.75, 3.05) is 7.11 Å². The molecule has 0 aliphatic rings. The summed E-state index contributed by atoms with van der Waals surface area (Å²) in [6.07, 6.45) is 1.55. The summed E-state index contributed by atoms with van der Waals surface area (Å²) in [5.74, 6) is -0.0193. The fourth-order valence-corrected chi connectivity index (χ4v) is 2.76. The minimum absolute atomic E-state index is 0.127. The van der Waals surface area contributed by atoms with Crippen LogP contribution < -0.4 is 10.1 Å². The summed E-state index contributed by atoms with van der Waals surface area (Å²) in [4.78, 5) is 23.9. The number of H-pyrrole nitrogens is 1. The van der Waals surface area contributed by atoms with Crippen molar-refractivity contribution in [1.29, 1.82) is 0 Å². The van der Waals surface area contributed by atoms with E-state index in [0.717, 1.165) is 16.6 Å². The summed E-state index contributed by atoms with van der Waals surface area (Å²) < 4.78 is 20.8. The number of hydrogen-bond acceptors (Lipinski definition) is 4. The number of benzene rings is 1. The molecular weight excluding hydrogens is 337 g/mol. The van der Waals surface area contributed by atoms with Crippen LogP contribution in [0.25, 0.3) is 16.7 Å². The third-order valence-corrected chi connectivity index (χ3v) is 4.09. The fraction of sp³-hybridized carbons (Fsp3) is 0.167. The van der Waals surface area contributed by atoms with Crippen LogP contribution in [-0.4, -0.2) is 32.4 Å². The molecule has 7 nitrogen and oxygen atoms in total. The molecule has 4 aromatic rings.